The third-order valence-electron chi connectivity index (χ3n) is 5.29. The van der Waals surface area contributed by atoms with Gasteiger partial charge >= 0.3 is 12.1 Å². The highest BCUT2D eigenvalue weighted by molar-refractivity contribution is 5.99. The molecule has 1 unspecified atom stereocenters. The summed E-state index contributed by atoms with van der Waals surface area (Å²) in [4.78, 5) is 27.2. The maximum Gasteiger partial charge on any atom is 0.416 e. The standard InChI is InChI=1S/C24H27F3N2O6/c1-4-34-20-8-5-16(13-21(20)32-3)23(31)35-15(2)22(30)28-18-14-17(24(25,26)27)6-7-19(18)29-9-11-33-12-10-29/h5-8,13-15H,4,9-12H2,1-3H3,(H,28,30). The zero-order chi connectivity index (χ0) is 25.6. The molecule has 1 atom stereocenters. The van der Waals surface area contributed by atoms with E-state index in [2.05, 4.69) is 5.32 Å². The molecule has 190 valence electrons. The van der Waals surface area contributed by atoms with Gasteiger partial charge < -0.3 is 29.2 Å². The number of halogens is 3. The van der Waals surface area contributed by atoms with E-state index in [1.165, 1.54) is 32.2 Å². The SMILES string of the molecule is CCOc1ccc(C(=O)OC(C)C(=O)Nc2cc(C(F)(F)F)ccc2N2CCOCC2)cc1OC. The summed E-state index contributed by atoms with van der Waals surface area (Å²) in [6.45, 7) is 5.27. The second-order valence-electron chi connectivity index (χ2n) is 7.66. The van der Waals surface area contributed by atoms with Crippen molar-refractivity contribution in [1.29, 1.82) is 0 Å². The average Bonchev–Trinajstić information content (AvgIpc) is 2.84. The van der Waals surface area contributed by atoms with E-state index in [9.17, 15) is 22.8 Å². The van der Waals surface area contributed by atoms with Gasteiger partial charge in [-0.15, -0.1) is 0 Å². The molecule has 0 aromatic heterocycles. The molecule has 11 heteroatoms. The fourth-order valence-electron chi connectivity index (χ4n) is 3.48. The van der Waals surface area contributed by atoms with Crippen LogP contribution in [0.4, 0.5) is 24.5 Å². The summed E-state index contributed by atoms with van der Waals surface area (Å²) in [6, 6.07) is 7.57. The number of benzene rings is 2. The number of morpholine rings is 1. The van der Waals surface area contributed by atoms with Crippen molar-refractivity contribution in [3.8, 4) is 11.5 Å². The van der Waals surface area contributed by atoms with E-state index in [-0.39, 0.29) is 11.3 Å². The van der Waals surface area contributed by atoms with Gasteiger partial charge in [0.2, 0.25) is 0 Å². The number of rotatable bonds is 8. The largest absolute Gasteiger partial charge is 0.493 e. The molecule has 35 heavy (non-hydrogen) atoms. The van der Waals surface area contributed by atoms with Gasteiger partial charge in [0.1, 0.15) is 0 Å². The average molecular weight is 496 g/mol. The number of carbonyl (C=O) groups excluding carboxylic acids is 2. The van der Waals surface area contributed by atoms with Crippen LogP contribution < -0.4 is 19.7 Å². The molecule has 1 fully saturated rings. The molecule has 1 aliphatic heterocycles. The van der Waals surface area contributed by atoms with E-state index in [1.807, 2.05) is 4.90 Å². The zero-order valence-corrected chi connectivity index (χ0v) is 19.6. The Labute approximate surface area is 200 Å². The molecular formula is C24H27F3N2O6. The molecule has 0 radical (unpaired) electrons. The third kappa shape index (κ3) is 6.56. The fourth-order valence-corrected chi connectivity index (χ4v) is 3.48. The van der Waals surface area contributed by atoms with Crippen LogP contribution in [0.15, 0.2) is 36.4 Å². The van der Waals surface area contributed by atoms with Gasteiger partial charge in [0.05, 0.1) is 49.4 Å². The van der Waals surface area contributed by atoms with Crippen LogP contribution in [-0.4, -0.2) is 58.0 Å². The second-order valence-corrected chi connectivity index (χ2v) is 7.66. The van der Waals surface area contributed by atoms with Gasteiger partial charge in [0, 0.05) is 13.1 Å². The zero-order valence-electron chi connectivity index (χ0n) is 19.6. The van der Waals surface area contributed by atoms with Crippen molar-refractivity contribution in [2.45, 2.75) is 26.1 Å². The first-order chi connectivity index (χ1) is 16.6. The minimum atomic E-state index is -4.59. The lowest BCUT2D eigenvalue weighted by molar-refractivity contribution is -0.137. The quantitative estimate of drug-likeness (QED) is 0.550. The molecule has 2 aromatic rings. The minimum Gasteiger partial charge on any atom is -0.493 e. The lowest BCUT2D eigenvalue weighted by Gasteiger charge is -2.31. The summed E-state index contributed by atoms with van der Waals surface area (Å²) < 4.78 is 61.1. The first-order valence-electron chi connectivity index (χ1n) is 11.0. The predicted molar refractivity (Wildman–Crippen MR) is 122 cm³/mol. The molecule has 8 nitrogen and oxygen atoms in total. The Kier molecular flexibility index (Phi) is 8.44. The monoisotopic (exact) mass is 496 g/mol. The molecule has 1 heterocycles. The van der Waals surface area contributed by atoms with Gasteiger partial charge in [0.25, 0.3) is 5.91 Å². The number of amides is 1. The van der Waals surface area contributed by atoms with Crippen LogP contribution in [0.3, 0.4) is 0 Å². The molecule has 1 N–H and O–H groups in total. The van der Waals surface area contributed by atoms with Gasteiger partial charge in [0.15, 0.2) is 17.6 Å². The Morgan fingerprint density at radius 2 is 1.83 bits per heavy atom. The van der Waals surface area contributed by atoms with Gasteiger partial charge in [-0.1, -0.05) is 0 Å². The van der Waals surface area contributed by atoms with Gasteiger partial charge in [-0.25, -0.2) is 4.79 Å². The van der Waals surface area contributed by atoms with Crippen molar-refractivity contribution in [2.24, 2.45) is 0 Å². The van der Waals surface area contributed by atoms with E-state index >= 15 is 0 Å². The summed E-state index contributed by atoms with van der Waals surface area (Å²) in [6.07, 6.45) is -5.87. The van der Waals surface area contributed by atoms with Crippen LogP contribution in [0.2, 0.25) is 0 Å². The molecule has 3 rings (SSSR count). The van der Waals surface area contributed by atoms with E-state index in [0.29, 0.717) is 50.1 Å². The number of esters is 1. The Hall–Kier alpha value is -3.47. The summed E-state index contributed by atoms with van der Waals surface area (Å²) in [5.74, 6) is -0.813. The number of nitrogens with one attached hydrogen (secondary N) is 1. The first kappa shape index (κ1) is 26.1. The Morgan fingerprint density at radius 1 is 1.11 bits per heavy atom. The fraction of sp³-hybridized carbons (Fsp3) is 0.417. The van der Waals surface area contributed by atoms with Crippen LogP contribution in [0.25, 0.3) is 0 Å². The molecule has 2 aromatic carbocycles. The summed E-state index contributed by atoms with van der Waals surface area (Å²) in [5.41, 5.74) is -0.393. The smallest absolute Gasteiger partial charge is 0.416 e. The third-order valence-corrected chi connectivity index (χ3v) is 5.29. The van der Waals surface area contributed by atoms with Crippen LogP contribution in [0, 0.1) is 0 Å². The highest BCUT2D eigenvalue weighted by Crippen LogP contribution is 2.36. The van der Waals surface area contributed by atoms with Crippen LogP contribution in [0.1, 0.15) is 29.8 Å². The summed E-state index contributed by atoms with van der Waals surface area (Å²) >= 11 is 0. The molecule has 0 aliphatic carbocycles. The maximum absolute atomic E-state index is 13.3. The number of methoxy groups -OCH3 is 1. The predicted octanol–water partition coefficient (Wildman–Crippen LogP) is 4.13. The first-order valence-corrected chi connectivity index (χ1v) is 11.0. The molecule has 1 saturated heterocycles. The maximum atomic E-state index is 13.3. The number of carbonyl (C=O) groups is 2. The summed E-state index contributed by atoms with van der Waals surface area (Å²) in [5, 5.41) is 2.48. The van der Waals surface area contributed by atoms with E-state index in [0.717, 1.165) is 12.1 Å². The molecule has 0 saturated carbocycles. The van der Waals surface area contributed by atoms with E-state index in [4.69, 9.17) is 18.9 Å². The number of anilines is 2. The number of ether oxygens (including phenoxy) is 4. The Balaban J connectivity index is 1.76. The number of alkyl halides is 3. The highest BCUT2D eigenvalue weighted by atomic mass is 19.4. The van der Waals surface area contributed by atoms with Crippen molar-refractivity contribution >= 4 is 23.3 Å². The minimum absolute atomic E-state index is 0.0302. The van der Waals surface area contributed by atoms with Crippen molar-refractivity contribution in [2.75, 3.05) is 50.2 Å². The van der Waals surface area contributed by atoms with E-state index < -0.39 is 29.7 Å². The molecule has 0 spiro atoms. The molecule has 1 aliphatic rings. The molecule has 0 bridgehead atoms. The van der Waals surface area contributed by atoms with Crippen molar-refractivity contribution in [3.63, 3.8) is 0 Å². The molecule has 1 amide bonds. The van der Waals surface area contributed by atoms with Gasteiger partial charge in [-0.2, -0.15) is 13.2 Å². The normalized spacial score (nSPS) is 14.7. The Bertz CT molecular complexity index is 1050. The number of nitrogens with zero attached hydrogens (tertiary/aromatic N) is 1. The van der Waals surface area contributed by atoms with E-state index in [1.54, 1.807) is 13.0 Å². The highest BCUT2D eigenvalue weighted by Gasteiger charge is 2.32. The number of hydrogen-bond donors (Lipinski definition) is 1. The lowest BCUT2D eigenvalue weighted by Crippen LogP contribution is -2.37. The summed E-state index contributed by atoms with van der Waals surface area (Å²) in [7, 11) is 1.42. The van der Waals surface area contributed by atoms with Crippen molar-refractivity contribution < 1.29 is 41.7 Å². The van der Waals surface area contributed by atoms with Crippen LogP contribution in [-0.2, 0) is 20.4 Å². The lowest BCUT2D eigenvalue weighted by atomic mass is 10.1. The Morgan fingerprint density at radius 3 is 2.46 bits per heavy atom. The van der Waals surface area contributed by atoms with Crippen LogP contribution in [0.5, 0.6) is 11.5 Å². The van der Waals surface area contributed by atoms with Gasteiger partial charge in [-0.05, 0) is 50.2 Å². The van der Waals surface area contributed by atoms with Crippen LogP contribution >= 0.6 is 0 Å². The van der Waals surface area contributed by atoms with Crippen molar-refractivity contribution in [3.05, 3.63) is 47.5 Å². The topological polar surface area (TPSA) is 86.3 Å². The van der Waals surface area contributed by atoms with Gasteiger partial charge in [-0.3, -0.25) is 4.79 Å². The number of hydrogen-bond acceptors (Lipinski definition) is 7. The second kappa shape index (κ2) is 11.3. The molecular weight excluding hydrogens is 469 g/mol. The van der Waals surface area contributed by atoms with Crippen molar-refractivity contribution in [1.82, 2.24) is 0 Å².